The third-order valence-electron chi connectivity index (χ3n) is 9.38. The highest BCUT2D eigenvalue weighted by Gasteiger charge is 2.34. The lowest BCUT2D eigenvalue weighted by Gasteiger charge is -2.32. The van der Waals surface area contributed by atoms with Crippen LogP contribution in [0.25, 0.3) is 10.9 Å². The number of H-pyrrole nitrogens is 1. The first-order valence-electron chi connectivity index (χ1n) is 17.4. The van der Waals surface area contributed by atoms with Gasteiger partial charge >= 0.3 is 0 Å². The summed E-state index contributed by atoms with van der Waals surface area (Å²) < 4.78 is 0. The van der Waals surface area contributed by atoms with Crippen molar-refractivity contribution in [2.75, 3.05) is 20.1 Å². The van der Waals surface area contributed by atoms with E-state index >= 15 is 0 Å². The number of unbranched alkanes of at least 4 members (excludes halogenated alkanes) is 1. The van der Waals surface area contributed by atoms with Crippen LogP contribution in [0.1, 0.15) is 54.5 Å². The van der Waals surface area contributed by atoms with Crippen molar-refractivity contribution in [3.8, 4) is 0 Å². The van der Waals surface area contributed by atoms with Crippen LogP contribution in [0.2, 0.25) is 10.0 Å². The van der Waals surface area contributed by atoms with Gasteiger partial charge in [0.05, 0.1) is 11.1 Å². The lowest BCUT2D eigenvalue weighted by molar-refractivity contribution is -0.142. The van der Waals surface area contributed by atoms with Crippen molar-refractivity contribution in [1.29, 1.82) is 0 Å². The first-order chi connectivity index (χ1) is 24.6. The number of amides is 3. The molecule has 51 heavy (non-hydrogen) atoms. The van der Waals surface area contributed by atoms with Gasteiger partial charge in [-0.05, 0) is 93.1 Å². The number of para-hydroxylation sites is 1. The number of halogens is 2. The van der Waals surface area contributed by atoms with Crippen molar-refractivity contribution >= 4 is 63.6 Å². The Kier molecular flexibility index (Phi) is 13.8. The van der Waals surface area contributed by atoms with Crippen LogP contribution >= 0.6 is 35.0 Å². The molecule has 3 amide bonds. The average Bonchev–Trinajstić information content (AvgIpc) is 3.44. The van der Waals surface area contributed by atoms with Gasteiger partial charge in [0.25, 0.3) is 0 Å². The number of nitrogens with two attached hydrogens (primary N) is 2. The number of aromatic amines is 1. The summed E-state index contributed by atoms with van der Waals surface area (Å²) >= 11 is 14.8. The Morgan fingerprint density at radius 3 is 2.37 bits per heavy atom. The van der Waals surface area contributed by atoms with Crippen molar-refractivity contribution in [3.63, 3.8) is 0 Å². The van der Waals surface area contributed by atoms with Crippen LogP contribution in [0.5, 0.6) is 0 Å². The second kappa shape index (κ2) is 18.3. The second-order valence-corrected chi connectivity index (χ2v) is 14.9. The largest absolute Gasteiger partial charge is 0.358 e. The number of carbonyl (C=O) groups is 3. The minimum absolute atomic E-state index is 0.130. The predicted molar refractivity (Wildman–Crippen MR) is 206 cm³/mol. The van der Waals surface area contributed by atoms with Gasteiger partial charge in [-0.3, -0.25) is 14.4 Å². The van der Waals surface area contributed by atoms with Crippen LogP contribution in [0.15, 0.2) is 70.5 Å². The van der Waals surface area contributed by atoms with E-state index in [9.17, 15) is 14.4 Å². The molecular formula is C38H47Cl2N7O3S. The van der Waals surface area contributed by atoms with Gasteiger partial charge in [0, 0.05) is 58.0 Å². The summed E-state index contributed by atoms with van der Waals surface area (Å²) in [4.78, 5) is 49.4. The van der Waals surface area contributed by atoms with Gasteiger partial charge in [0.2, 0.25) is 17.7 Å². The van der Waals surface area contributed by atoms with E-state index in [0.717, 1.165) is 43.1 Å². The first kappa shape index (κ1) is 38.6. The van der Waals surface area contributed by atoms with E-state index in [2.05, 4.69) is 20.9 Å². The number of nitrogens with zero attached hydrogens (tertiary/aromatic N) is 1. The van der Waals surface area contributed by atoms with Crippen molar-refractivity contribution in [3.05, 3.63) is 93.1 Å². The molecule has 0 unspecified atom stereocenters. The Morgan fingerprint density at radius 1 is 0.863 bits per heavy atom. The van der Waals surface area contributed by atoms with Gasteiger partial charge in [0.1, 0.15) is 12.1 Å². The molecular weight excluding hydrogens is 705 g/mol. The number of rotatable bonds is 9. The third kappa shape index (κ3) is 9.65. The molecule has 0 bridgehead atoms. The fraction of sp³-hybridized carbons (Fsp3) is 0.395. The molecule has 3 aromatic carbocycles. The number of fused-ring (bicyclic) bond motifs is 3. The van der Waals surface area contributed by atoms with Gasteiger partial charge < -0.3 is 37.3 Å². The summed E-state index contributed by atoms with van der Waals surface area (Å²) in [6.07, 6.45) is 3.04. The summed E-state index contributed by atoms with van der Waals surface area (Å²) in [7, 11) is 1.63. The van der Waals surface area contributed by atoms with E-state index in [1.165, 1.54) is 16.7 Å². The average molecular weight is 753 g/mol. The maximum Gasteiger partial charge on any atom is 0.245 e. The Hall–Kier alpha value is -3.58. The van der Waals surface area contributed by atoms with E-state index in [0.29, 0.717) is 61.8 Å². The molecule has 13 heteroatoms. The van der Waals surface area contributed by atoms with E-state index in [1.807, 2.05) is 55.5 Å². The zero-order chi connectivity index (χ0) is 36.5. The molecule has 272 valence electrons. The van der Waals surface area contributed by atoms with Crippen molar-refractivity contribution in [2.24, 2.45) is 11.5 Å². The van der Waals surface area contributed by atoms with Crippen molar-refractivity contribution < 1.29 is 14.4 Å². The van der Waals surface area contributed by atoms with Gasteiger partial charge in [-0.25, -0.2) is 0 Å². The van der Waals surface area contributed by atoms with Crippen LogP contribution in [-0.2, 0) is 33.9 Å². The second-order valence-electron chi connectivity index (χ2n) is 13.0. The summed E-state index contributed by atoms with van der Waals surface area (Å²) in [5.74, 6) is -0.997. The molecule has 0 saturated heterocycles. The zero-order valence-electron chi connectivity index (χ0n) is 29.1. The maximum atomic E-state index is 14.5. The highest BCUT2D eigenvalue weighted by Crippen LogP contribution is 2.39. The van der Waals surface area contributed by atoms with Gasteiger partial charge in [0.15, 0.2) is 0 Å². The minimum atomic E-state index is -0.905. The van der Waals surface area contributed by atoms with Crippen molar-refractivity contribution in [1.82, 2.24) is 25.8 Å². The summed E-state index contributed by atoms with van der Waals surface area (Å²) in [5, 5.41) is 11.5. The number of hydrogen-bond acceptors (Lipinski definition) is 7. The molecule has 0 fully saturated rings. The highest BCUT2D eigenvalue weighted by molar-refractivity contribution is 7.99. The standard InChI is InChI=1S/C38H47Cl2N7O3S/c1-23-28(27-11-4-5-12-30(27)45-23)20-33-37(49)44-22-25-18-26(39)19-29(40)35(25)51-34-15-6-3-10-24(34)21-43-31(14-9-17-42)36(48)46-32(13-7-8-16-41)38(50)47(33)2/h3-6,10-12,15,18-19,31-33,43,45H,7-9,13-14,16-17,20-22,41-42H2,1-2H3,(H,44,49)(H,46,48)/t31-,32-,33-/m0/s1. The number of likely N-dealkylation sites (N-methyl/N-ethyl adjacent to an activating group) is 1. The molecule has 1 aliphatic heterocycles. The molecule has 10 nitrogen and oxygen atoms in total. The minimum Gasteiger partial charge on any atom is -0.358 e. The van der Waals surface area contributed by atoms with Gasteiger partial charge in [-0.1, -0.05) is 71.4 Å². The Morgan fingerprint density at radius 2 is 1.59 bits per heavy atom. The molecule has 8 N–H and O–H groups in total. The Bertz CT molecular complexity index is 1850. The predicted octanol–water partition coefficient (Wildman–Crippen LogP) is 5.44. The lowest BCUT2D eigenvalue weighted by atomic mass is 9.99. The quantitative estimate of drug-likeness (QED) is 0.124. The third-order valence-corrected chi connectivity index (χ3v) is 11.3. The number of aromatic nitrogens is 1. The number of hydrogen-bond donors (Lipinski definition) is 6. The SMILES string of the molecule is Cc1[nH]c2ccccc2c1C[C@H]1C(=O)NCc2cc(Cl)cc(Cl)c2Sc2ccccc2CN[C@@H](CCCN)C(=O)N[C@@H](CCCCN)C(=O)N1C. The van der Waals surface area contributed by atoms with Gasteiger partial charge in [-0.2, -0.15) is 0 Å². The van der Waals surface area contributed by atoms with Crippen molar-refractivity contribution in [2.45, 2.75) is 86.5 Å². The van der Waals surface area contributed by atoms with Gasteiger partial charge in [-0.15, -0.1) is 0 Å². The van der Waals surface area contributed by atoms with E-state index in [-0.39, 0.29) is 30.7 Å². The molecule has 4 aromatic rings. The molecule has 5 rings (SSSR count). The lowest BCUT2D eigenvalue weighted by Crippen LogP contribution is -2.57. The van der Waals surface area contributed by atoms with E-state index in [4.69, 9.17) is 34.7 Å². The number of carbonyl (C=O) groups excluding carboxylic acids is 3. The summed E-state index contributed by atoms with van der Waals surface area (Å²) in [6.45, 7) is 3.36. The van der Waals surface area contributed by atoms with E-state index in [1.54, 1.807) is 19.2 Å². The Labute approximate surface area is 313 Å². The molecule has 0 spiro atoms. The molecule has 0 radical (unpaired) electrons. The normalized spacial score (nSPS) is 19.3. The Balaban J connectivity index is 1.59. The molecule has 2 heterocycles. The molecule has 1 aliphatic rings. The molecule has 1 aromatic heterocycles. The van der Waals surface area contributed by atoms with Crippen LogP contribution in [0, 0.1) is 6.92 Å². The number of nitrogens with one attached hydrogen (secondary N) is 4. The fourth-order valence-corrected chi connectivity index (χ4v) is 8.23. The topological polar surface area (TPSA) is 158 Å². The van der Waals surface area contributed by atoms with Crippen LogP contribution < -0.4 is 27.4 Å². The first-order valence-corrected chi connectivity index (χ1v) is 19.0. The monoisotopic (exact) mass is 751 g/mol. The number of benzene rings is 3. The van der Waals surface area contributed by atoms with Crippen LogP contribution in [-0.4, -0.2) is 65.9 Å². The van der Waals surface area contributed by atoms with Crippen LogP contribution in [0.4, 0.5) is 0 Å². The fourth-order valence-electron chi connectivity index (χ4n) is 6.52. The number of aryl methyl sites for hydroxylation is 1. The molecule has 3 atom stereocenters. The highest BCUT2D eigenvalue weighted by atomic mass is 35.5. The van der Waals surface area contributed by atoms with Crippen LogP contribution in [0.3, 0.4) is 0 Å². The van der Waals surface area contributed by atoms with E-state index < -0.39 is 18.1 Å². The molecule has 0 saturated carbocycles. The summed E-state index contributed by atoms with van der Waals surface area (Å²) in [5.41, 5.74) is 16.2. The zero-order valence-corrected chi connectivity index (χ0v) is 31.4. The molecule has 0 aliphatic carbocycles. The smallest absolute Gasteiger partial charge is 0.245 e. The maximum absolute atomic E-state index is 14.5. The summed E-state index contributed by atoms with van der Waals surface area (Å²) in [6, 6.07) is 16.9.